The van der Waals surface area contributed by atoms with Crippen LogP contribution in [-0.4, -0.2) is 18.6 Å². The first-order valence-corrected chi connectivity index (χ1v) is 6.48. The molecule has 3 N–H and O–H groups in total. The summed E-state index contributed by atoms with van der Waals surface area (Å²) in [5.41, 5.74) is 5.98. The van der Waals surface area contributed by atoms with Gasteiger partial charge in [0.2, 0.25) is 0 Å². The molecule has 2 nitrogen and oxygen atoms in total. The molecule has 0 aromatic heterocycles. The van der Waals surface area contributed by atoms with E-state index < -0.39 is 0 Å². The highest BCUT2D eigenvalue weighted by Gasteiger charge is 2.19. The van der Waals surface area contributed by atoms with E-state index in [-0.39, 0.29) is 0 Å². The van der Waals surface area contributed by atoms with Crippen molar-refractivity contribution in [3.8, 4) is 0 Å². The van der Waals surface area contributed by atoms with Crippen LogP contribution < -0.4 is 11.1 Å². The van der Waals surface area contributed by atoms with E-state index in [0.717, 1.165) is 5.92 Å². The van der Waals surface area contributed by atoms with Gasteiger partial charge in [-0.15, -0.1) is 0 Å². The van der Waals surface area contributed by atoms with Crippen molar-refractivity contribution in [2.75, 3.05) is 6.54 Å². The van der Waals surface area contributed by atoms with Gasteiger partial charge >= 0.3 is 0 Å². The summed E-state index contributed by atoms with van der Waals surface area (Å²) in [5, 5.41) is 3.71. The molecule has 2 aliphatic carbocycles. The third-order valence-corrected chi connectivity index (χ3v) is 3.79. The van der Waals surface area contributed by atoms with E-state index in [0.29, 0.717) is 12.1 Å². The summed E-state index contributed by atoms with van der Waals surface area (Å²) >= 11 is 0. The van der Waals surface area contributed by atoms with Crippen molar-refractivity contribution in [2.24, 2.45) is 11.7 Å². The Balaban J connectivity index is 1.66. The molecule has 3 unspecified atom stereocenters. The van der Waals surface area contributed by atoms with Gasteiger partial charge in [0.05, 0.1) is 0 Å². The molecule has 0 aromatic carbocycles. The van der Waals surface area contributed by atoms with Crippen molar-refractivity contribution in [3.63, 3.8) is 0 Å². The fourth-order valence-corrected chi connectivity index (χ4v) is 2.79. The van der Waals surface area contributed by atoms with Gasteiger partial charge in [0.15, 0.2) is 0 Å². The van der Waals surface area contributed by atoms with Crippen LogP contribution in [0.15, 0.2) is 12.2 Å². The molecule has 1 fully saturated rings. The molecule has 2 aliphatic rings. The standard InChI is InChI=1S/C13H24N2/c14-12-7-4-8-13(9-12)15-10-11-5-2-1-3-6-11/h1-2,11-13,15H,3-10,14H2. The van der Waals surface area contributed by atoms with Crippen LogP contribution in [0.25, 0.3) is 0 Å². The number of hydrogen-bond acceptors (Lipinski definition) is 2. The average molecular weight is 208 g/mol. The maximum Gasteiger partial charge on any atom is 0.00819 e. The Morgan fingerprint density at radius 3 is 2.87 bits per heavy atom. The minimum absolute atomic E-state index is 0.447. The van der Waals surface area contributed by atoms with Crippen LogP contribution in [0.3, 0.4) is 0 Å². The summed E-state index contributed by atoms with van der Waals surface area (Å²) in [7, 11) is 0. The lowest BCUT2D eigenvalue weighted by molar-refractivity contribution is 0.314. The molecular formula is C13H24N2. The molecular weight excluding hydrogens is 184 g/mol. The van der Waals surface area contributed by atoms with Gasteiger partial charge in [-0.2, -0.15) is 0 Å². The first kappa shape index (κ1) is 11.2. The van der Waals surface area contributed by atoms with Crippen molar-refractivity contribution in [3.05, 3.63) is 12.2 Å². The molecule has 15 heavy (non-hydrogen) atoms. The average Bonchev–Trinajstić information content (AvgIpc) is 2.28. The second-order valence-electron chi connectivity index (χ2n) is 5.18. The summed E-state index contributed by atoms with van der Waals surface area (Å²) < 4.78 is 0. The summed E-state index contributed by atoms with van der Waals surface area (Å²) in [4.78, 5) is 0. The minimum atomic E-state index is 0.447. The highest BCUT2D eigenvalue weighted by Crippen LogP contribution is 2.20. The van der Waals surface area contributed by atoms with Crippen molar-refractivity contribution in [2.45, 2.75) is 57.0 Å². The second-order valence-corrected chi connectivity index (χ2v) is 5.18. The fourth-order valence-electron chi connectivity index (χ4n) is 2.79. The van der Waals surface area contributed by atoms with Crippen LogP contribution in [-0.2, 0) is 0 Å². The molecule has 0 radical (unpaired) electrons. The van der Waals surface area contributed by atoms with Crippen molar-refractivity contribution in [1.29, 1.82) is 0 Å². The maximum absolute atomic E-state index is 5.98. The molecule has 3 atom stereocenters. The van der Waals surface area contributed by atoms with E-state index in [1.165, 1.54) is 51.5 Å². The van der Waals surface area contributed by atoms with Crippen LogP contribution in [0.4, 0.5) is 0 Å². The number of nitrogens with two attached hydrogens (primary N) is 1. The Kier molecular flexibility index (Phi) is 4.21. The summed E-state index contributed by atoms with van der Waals surface area (Å²) in [5.74, 6) is 0.869. The first-order chi connectivity index (χ1) is 7.34. The minimum Gasteiger partial charge on any atom is -0.328 e. The van der Waals surface area contributed by atoms with Crippen LogP contribution in [0, 0.1) is 5.92 Å². The van der Waals surface area contributed by atoms with E-state index >= 15 is 0 Å². The first-order valence-electron chi connectivity index (χ1n) is 6.48. The molecule has 0 aliphatic heterocycles. The molecule has 0 spiro atoms. The summed E-state index contributed by atoms with van der Waals surface area (Å²) in [6, 6.07) is 1.14. The highest BCUT2D eigenvalue weighted by atomic mass is 14.9. The smallest absolute Gasteiger partial charge is 0.00819 e. The van der Waals surface area contributed by atoms with Gasteiger partial charge in [-0.3, -0.25) is 0 Å². The van der Waals surface area contributed by atoms with Gasteiger partial charge in [0.25, 0.3) is 0 Å². The van der Waals surface area contributed by atoms with Crippen LogP contribution in [0.5, 0.6) is 0 Å². The molecule has 0 amide bonds. The zero-order chi connectivity index (χ0) is 10.5. The van der Waals surface area contributed by atoms with Gasteiger partial charge in [-0.25, -0.2) is 0 Å². The maximum atomic E-state index is 5.98. The summed E-state index contributed by atoms with van der Waals surface area (Å²) in [6.45, 7) is 1.20. The molecule has 0 bridgehead atoms. The van der Waals surface area contributed by atoms with Crippen molar-refractivity contribution in [1.82, 2.24) is 5.32 Å². The third-order valence-electron chi connectivity index (χ3n) is 3.79. The Hall–Kier alpha value is -0.340. The Morgan fingerprint density at radius 2 is 2.13 bits per heavy atom. The van der Waals surface area contributed by atoms with Gasteiger partial charge in [-0.05, 0) is 51.0 Å². The molecule has 1 saturated carbocycles. The largest absolute Gasteiger partial charge is 0.328 e. The number of rotatable bonds is 3. The lowest BCUT2D eigenvalue weighted by atomic mass is 9.90. The van der Waals surface area contributed by atoms with Crippen LogP contribution in [0.1, 0.15) is 44.9 Å². The molecule has 2 rings (SSSR count). The Morgan fingerprint density at radius 1 is 1.20 bits per heavy atom. The van der Waals surface area contributed by atoms with Gasteiger partial charge < -0.3 is 11.1 Å². The Labute approximate surface area is 93.3 Å². The van der Waals surface area contributed by atoms with E-state index in [1.807, 2.05) is 0 Å². The third kappa shape index (κ3) is 3.62. The predicted octanol–water partition coefficient (Wildman–Crippen LogP) is 2.20. The molecule has 86 valence electrons. The predicted molar refractivity (Wildman–Crippen MR) is 64.7 cm³/mol. The van der Waals surface area contributed by atoms with E-state index in [1.54, 1.807) is 0 Å². The lowest BCUT2D eigenvalue weighted by Crippen LogP contribution is -2.41. The number of allylic oxidation sites excluding steroid dienone is 2. The molecule has 2 heteroatoms. The van der Waals surface area contributed by atoms with E-state index in [2.05, 4.69) is 17.5 Å². The van der Waals surface area contributed by atoms with Crippen molar-refractivity contribution < 1.29 is 0 Å². The number of nitrogens with one attached hydrogen (secondary N) is 1. The van der Waals surface area contributed by atoms with E-state index in [9.17, 15) is 0 Å². The topological polar surface area (TPSA) is 38.0 Å². The van der Waals surface area contributed by atoms with Crippen LogP contribution in [0.2, 0.25) is 0 Å². The monoisotopic (exact) mass is 208 g/mol. The summed E-state index contributed by atoms with van der Waals surface area (Å²) in [6.07, 6.45) is 13.6. The normalized spacial score (nSPS) is 36.7. The van der Waals surface area contributed by atoms with Crippen molar-refractivity contribution >= 4 is 0 Å². The van der Waals surface area contributed by atoms with Gasteiger partial charge in [0, 0.05) is 12.1 Å². The highest BCUT2D eigenvalue weighted by molar-refractivity contribution is 4.91. The fraction of sp³-hybridized carbons (Fsp3) is 0.846. The molecule has 0 saturated heterocycles. The zero-order valence-corrected chi connectivity index (χ0v) is 9.62. The lowest BCUT2D eigenvalue weighted by Gasteiger charge is -2.29. The van der Waals surface area contributed by atoms with Crippen LogP contribution >= 0.6 is 0 Å². The SMILES string of the molecule is NC1CCCC(NCC2CC=CCC2)C1. The van der Waals surface area contributed by atoms with Gasteiger partial charge in [-0.1, -0.05) is 18.6 Å². The van der Waals surface area contributed by atoms with Gasteiger partial charge in [0.1, 0.15) is 0 Å². The molecule has 0 heterocycles. The van der Waals surface area contributed by atoms with E-state index in [4.69, 9.17) is 5.73 Å². The second kappa shape index (κ2) is 5.66. The zero-order valence-electron chi connectivity index (χ0n) is 9.62. The molecule has 0 aromatic rings. The quantitative estimate of drug-likeness (QED) is 0.698. The number of hydrogen-bond donors (Lipinski definition) is 2. The Bertz CT molecular complexity index is 213.